The van der Waals surface area contributed by atoms with Crippen molar-refractivity contribution in [2.24, 2.45) is 0 Å². The summed E-state index contributed by atoms with van der Waals surface area (Å²) in [5.41, 5.74) is 1.11. The van der Waals surface area contributed by atoms with Gasteiger partial charge in [0, 0.05) is 13.1 Å². The average molecular weight is 326 g/mol. The topological polar surface area (TPSA) is 69.4 Å². The second-order valence-corrected chi connectivity index (χ2v) is 4.43. The van der Waals surface area contributed by atoms with E-state index in [0.29, 0.717) is 23.2 Å². The first-order valence-corrected chi connectivity index (χ1v) is 6.63. The summed E-state index contributed by atoms with van der Waals surface area (Å²) in [7, 11) is 1.61. The van der Waals surface area contributed by atoms with Gasteiger partial charge in [-0.15, -0.1) is 19.0 Å². The van der Waals surface area contributed by atoms with Gasteiger partial charge in [-0.1, -0.05) is 17.3 Å². The lowest BCUT2D eigenvalue weighted by Gasteiger charge is -2.11. The van der Waals surface area contributed by atoms with Crippen LogP contribution in [0.1, 0.15) is 17.3 Å². The average Bonchev–Trinajstić information content (AvgIpc) is 2.91. The Morgan fingerprint density at radius 2 is 2.18 bits per heavy atom. The van der Waals surface area contributed by atoms with Crippen LogP contribution < -0.4 is 14.8 Å². The Morgan fingerprint density at radius 1 is 1.36 bits per heavy atom. The minimum absolute atomic E-state index is 0. The van der Waals surface area contributed by atoms with Crippen LogP contribution in [0.5, 0.6) is 11.5 Å². The molecule has 0 spiro atoms. The minimum Gasteiger partial charge on any atom is -0.493 e. The highest BCUT2D eigenvalue weighted by Gasteiger charge is 2.09. The molecule has 0 unspecified atom stereocenters. The molecule has 0 atom stereocenters. The Morgan fingerprint density at radius 3 is 2.82 bits per heavy atom. The van der Waals surface area contributed by atoms with Crippen LogP contribution in [0.15, 0.2) is 35.4 Å². The molecule has 0 aliphatic heterocycles. The molecule has 1 heterocycles. The molecule has 0 bridgehead atoms. The van der Waals surface area contributed by atoms with Gasteiger partial charge in [-0.25, -0.2) is 0 Å². The molecule has 0 saturated carbocycles. The molecule has 0 radical (unpaired) electrons. The number of hydrogen-bond donors (Lipinski definition) is 1. The summed E-state index contributed by atoms with van der Waals surface area (Å²) in [6.45, 7) is 7.15. The summed E-state index contributed by atoms with van der Waals surface area (Å²) >= 11 is 0. The molecule has 1 aromatic heterocycles. The highest BCUT2D eigenvalue weighted by atomic mass is 35.5. The first kappa shape index (κ1) is 18.0. The molecular weight excluding hydrogens is 306 g/mol. The fraction of sp³-hybridized carbons (Fsp3) is 0.333. The SMILES string of the molecule is C=CCNCc1ccc(OCc2nc(C)no2)c(OC)c1.Cl. The summed E-state index contributed by atoms with van der Waals surface area (Å²) in [5, 5.41) is 6.95. The minimum atomic E-state index is 0. The zero-order chi connectivity index (χ0) is 15.1. The number of methoxy groups -OCH3 is 1. The first-order chi connectivity index (χ1) is 10.2. The van der Waals surface area contributed by atoms with E-state index < -0.39 is 0 Å². The van der Waals surface area contributed by atoms with E-state index in [-0.39, 0.29) is 19.0 Å². The summed E-state index contributed by atoms with van der Waals surface area (Å²) in [5.74, 6) is 2.33. The number of benzene rings is 1. The number of nitrogens with zero attached hydrogens (tertiary/aromatic N) is 2. The van der Waals surface area contributed by atoms with Gasteiger partial charge in [-0.3, -0.25) is 0 Å². The highest BCUT2D eigenvalue weighted by Crippen LogP contribution is 2.28. The second kappa shape index (κ2) is 9.07. The van der Waals surface area contributed by atoms with Crippen LogP contribution in [-0.2, 0) is 13.2 Å². The van der Waals surface area contributed by atoms with E-state index in [1.165, 1.54) is 0 Å². The van der Waals surface area contributed by atoms with Crippen LogP contribution >= 0.6 is 12.4 Å². The zero-order valence-electron chi connectivity index (χ0n) is 12.7. The van der Waals surface area contributed by atoms with Gasteiger partial charge in [0.05, 0.1) is 7.11 Å². The Labute approximate surface area is 135 Å². The zero-order valence-corrected chi connectivity index (χ0v) is 13.5. The maximum Gasteiger partial charge on any atom is 0.264 e. The van der Waals surface area contributed by atoms with E-state index in [1.54, 1.807) is 14.0 Å². The molecule has 1 N–H and O–H groups in total. The van der Waals surface area contributed by atoms with Crippen molar-refractivity contribution in [1.82, 2.24) is 15.5 Å². The summed E-state index contributed by atoms with van der Waals surface area (Å²) in [4.78, 5) is 4.09. The van der Waals surface area contributed by atoms with Crippen LogP contribution in [0.4, 0.5) is 0 Å². The van der Waals surface area contributed by atoms with Crippen molar-refractivity contribution in [2.75, 3.05) is 13.7 Å². The lowest BCUT2D eigenvalue weighted by atomic mass is 10.2. The van der Waals surface area contributed by atoms with Crippen molar-refractivity contribution in [3.8, 4) is 11.5 Å². The quantitative estimate of drug-likeness (QED) is 0.594. The normalized spacial score (nSPS) is 9.91. The van der Waals surface area contributed by atoms with Gasteiger partial charge in [0.15, 0.2) is 23.9 Å². The standard InChI is InChI=1S/C15H19N3O3.ClH/c1-4-7-16-9-12-5-6-13(14(8-12)19-3)20-10-15-17-11(2)18-21-15;/h4-6,8,16H,1,7,9-10H2,2-3H3;1H. The van der Waals surface area contributed by atoms with Gasteiger partial charge >= 0.3 is 0 Å². The molecule has 0 amide bonds. The van der Waals surface area contributed by atoms with E-state index in [2.05, 4.69) is 22.0 Å². The number of ether oxygens (including phenoxy) is 2. The van der Waals surface area contributed by atoms with Crippen molar-refractivity contribution in [3.05, 3.63) is 48.1 Å². The van der Waals surface area contributed by atoms with Crippen LogP contribution in [0.25, 0.3) is 0 Å². The third-order valence-electron chi connectivity index (χ3n) is 2.77. The Kier molecular flexibility index (Phi) is 7.42. The van der Waals surface area contributed by atoms with Crippen LogP contribution in [0.2, 0.25) is 0 Å². The molecule has 0 aliphatic carbocycles. The van der Waals surface area contributed by atoms with E-state index in [4.69, 9.17) is 14.0 Å². The highest BCUT2D eigenvalue weighted by molar-refractivity contribution is 5.85. The third-order valence-corrected chi connectivity index (χ3v) is 2.77. The van der Waals surface area contributed by atoms with E-state index in [9.17, 15) is 0 Å². The van der Waals surface area contributed by atoms with Crippen molar-refractivity contribution in [3.63, 3.8) is 0 Å². The molecule has 0 saturated heterocycles. The van der Waals surface area contributed by atoms with Crippen molar-refractivity contribution in [2.45, 2.75) is 20.1 Å². The fourth-order valence-corrected chi connectivity index (χ4v) is 1.80. The van der Waals surface area contributed by atoms with Crippen LogP contribution in [0, 0.1) is 6.92 Å². The van der Waals surface area contributed by atoms with Gasteiger partial charge in [-0.2, -0.15) is 4.98 Å². The van der Waals surface area contributed by atoms with Gasteiger partial charge in [0.1, 0.15) is 0 Å². The van der Waals surface area contributed by atoms with E-state index >= 15 is 0 Å². The Balaban J connectivity index is 0.00000242. The molecule has 22 heavy (non-hydrogen) atoms. The third kappa shape index (κ3) is 5.05. The Hall–Kier alpha value is -2.05. The number of aryl methyl sites for hydroxylation is 1. The number of nitrogens with one attached hydrogen (secondary N) is 1. The van der Waals surface area contributed by atoms with Crippen molar-refractivity contribution in [1.29, 1.82) is 0 Å². The monoisotopic (exact) mass is 325 g/mol. The largest absolute Gasteiger partial charge is 0.493 e. The molecule has 6 nitrogen and oxygen atoms in total. The molecule has 1 aromatic carbocycles. The molecule has 0 aliphatic rings. The van der Waals surface area contributed by atoms with Gasteiger partial charge in [0.25, 0.3) is 5.89 Å². The summed E-state index contributed by atoms with van der Waals surface area (Å²) < 4.78 is 16.0. The number of rotatable bonds is 8. The lowest BCUT2D eigenvalue weighted by molar-refractivity contribution is 0.233. The predicted molar refractivity (Wildman–Crippen MR) is 85.5 cm³/mol. The van der Waals surface area contributed by atoms with Crippen molar-refractivity contribution < 1.29 is 14.0 Å². The van der Waals surface area contributed by atoms with Crippen LogP contribution in [-0.4, -0.2) is 23.8 Å². The summed E-state index contributed by atoms with van der Waals surface area (Å²) in [6.07, 6.45) is 1.82. The fourth-order valence-electron chi connectivity index (χ4n) is 1.80. The Bertz CT molecular complexity index is 601. The maximum absolute atomic E-state index is 5.65. The van der Waals surface area contributed by atoms with Gasteiger partial charge in [0.2, 0.25) is 0 Å². The smallest absolute Gasteiger partial charge is 0.264 e. The molecule has 2 aromatic rings. The van der Waals surface area contributed by atoms with E-state index in [1.807, 2.05) is 24.3 Å². The molecule has 2 rings (SSSR count). The first-order valence-electron chi connectivity index (χ1n) is 6.63. The second-order valence-electron chi connectivity index (χ2n) is 4.43. The lowest BCUT2D eigenvalue weighted by Crippen LogP contribution is -2.12. The number of hydrogen-bond acceptors (Lipinski definition) is 6. The predicted octanol–water partition coefficient (Wildman–Crippen LogP) is 2.66. The summed E-state index contributed by atoms with van der Waals surface area (Å²) in [6, 6.07) is 5.78. The van der Waals surface area contributed by atoms with E-state index in [0.717, 1.165) is 18.7 Å². The maximum atomic E-state index is 5.65. The number of aromatic nitrogens is 2. The molecular formula is C15H20ClN3O3. The van der Waals surface area contributed by atoms with Gasteiger partial charge in [-0.05, 0) is 24.6 Å². The van der Waals surface area contributed by atoms with Crippen LogP contribution in [0.3, 0.4) is 0 Å². The van der Waals surface area contributed by atoms with Crippen molar-refractivity contribution >= 4 is 12.4 Å². The van der Waals surface area contributed by atoms with Gasteiger partial charge < -0.3 is 19.3 Å². The number of halogens is 1. The molecule has 7 heteroatoms. The molecule has 120 valence electrons. The molecule has 0 fully saturated rings.